The van der Waals surface area contributed by atoms with Crippen LogP contribution >= 0.6 is 11.3 Å². The molecule has 0 radical (unpaired) electrons. The molecule has 2 aromatic rings. The third-order valence-corrected chi connectivity index (χ3v) is 4.87. The Labute approximate surface area is 115 Å². The maximum atomic E-state index is 12.1. The Morgan fingerprint density at radius 2 is 1.95 bits per heavy atom. The molecule has 1 heterocycles. The Morgan fingerprint density at radius 1 is 1.26 bits per heavy atom. The van der Waals surface area contributed by atoms with Crippen molar-refractivity contribution in [2.45, 2.75) is 24.8 Å². The highest BCUT2D eigenvalue weighted by Crippen LogP contribution is 2.20. The SMILES string of the molecule is CCc1nnc(NS(=O)(=O)c2ccc(CO)cc2)s1. The molecule has 0 aliphatic heterocycles. The molecular formula is C11H13N3O3S2. The Bertz CT molecular complexity index is 650. The van der Waals surface area contributed by atoms with Gasteiger partial charge in [-0.25, -0.2) is 8.42 Å². The van der Waals surface area contributed by atoms with E-state index in [1.54, 1.807) is 12.1 Å². The average molecular weight is 299 g/mol. The summed E-state index contributed by atoms with van der Waals surface area (Å²) in [7, 11) is -3.66. The molecule has 0 unspecified atom stereocenters. The zero-order valence-corrected chi connectivity index (χ0v) is 11.8. The standard InChI is InChI=1S/C11H13N3O3S2/c1-2-10-12-13-11(18-10)14-19(16,17)9-5-3-8(7-15)4-6-9/h3-6,15H,2,7H2,1H3,(H,13,14). The average Bonchev–Trinajstić information content (AvgIpc) is 2.85. The number of aromatic nitrogens is 2. The van der Waals surface area contributed by atoms with Crippen molar-refractivity contribution in [1.82, 2.24) is 10.2 Å². The Balaban J connectivity index is 2.21. The van der Waals surface area contributed by atoms with Crippen molar-refractivity contribution in [1.29, 1.82) is 0 Å². The molecule has 0 aliphatic rings. The van der Waals surface area contributed by atoms with E-state index in [0.29, 0.717) is 12.0 Å². The molecule has 0 spiro atoms. The van der Waals surface area contributed by atoms with E-state index >= 15 is 0 Å². The monoisotopic (exact) mass is 299 g/mol. The van der Waals surface area contributed by atoms with E-state index in [9.17, 15) is 8.42 Å². The number of aliphatic hydroxyl groups is 1. The normalized spacial score (nSPS) is 11.5. The number of sulfonamides is 1. The molecule has 8 heteroatoms. The number of benzene rings is 1. The first kappa shape index (κ1) is 13.9. The molecule has 6 nitrogen and oxygen atoms in total. The summed E-state index contributed by atoms with van der Waals surface area (Å²) in [6, 6.07) is 6.00. The Morgan fingerprint density at radius 3 is 2.47 bits per heavy atom. The summed E-state index contributed by atoms with van der Waals surface area (Å²) in [5.41, 5.74) is 0.656. The van der Waals surface area contributed by atoms with Crippen molar-refractivity contribution >= 4 is 26.5 Å². The van der Waals surface area contributed by atoms with E-state index < -0.39 is 10.0 Å². The van der Waals surface area contributed by atoms with Gasteiger partial charge < -0.3 is 5.11 Å². The molecule has 102 valence electrons. The van der Waals surface area contributed by atoms with Gasteiger partial charge in [0.15, 0.2) is 0 Å². The van der Waals surface area contributed by atoms with Crippen LogP contribution in [0.4, 0.5) is 5.13 Å². The van der Waals surface area contributed by atoms with Crippen LogP contribution in [0.2, 0.25) is 0 Å². The number of hydrogen-bond donors (Lipinski definition) is 2. The highest BCUT2D eigenvalue weighted by atomic mass is 32.2. The van der Waals surface area contributed by atoms with E-state index in [-0.39, 0.29) is 16.6 Å². The van der Waals surface area contributed by atoms with E-state index in [1.807, 2.05) is 6.92 Å². The minimum Gasteiger partial charge on any atom is -0.392 e. The van der Waals surface area contributed by atoms with Gasteiger partial charge >= 0.3 is 0 Å². The Hall–Kier alpha value is -1.51. The fraction of sp³-hybridized carbons (Fsp3) is 0.273. The van der Waals surface area contributed by atoms with Gasteiger partial charge in [0.05, 0.1) is 11.5 Å². The largest absolute Gasteiger partial charge is 0.392 e. The van der Waals surface area contributed by atoms with Gasteiger partial charge in [-0.15, -0.1) is 10.2 Å². The molecule has 2 rings (SSSR count). The van der Waals surface area contributed by atoms with E-state index in [1.165, 1.54) is 23.5 Å². The molecule has 0 aliphatic carbocycles. The second-order valence-electron chi connectivity index (χ2n) is 3.76. The first-order chi connectivity index (χ1) is 9.05. The predicted molar refractivity (Wildman–Crippen MR) is 72.5 cm³/mol. The minimum absolute atomic E-state index is 0.121. The zero-order valence-electron chi connectivity index (χ0n) is 10.2. The minimum atomic E-state index is -3.66. The number of anilines is 1. The molecule has 0 saturated carbocycles. The number of rotatable bonds is 5. The number of aryl methyl sites for hydroxylation is 1. The van der Waals surface area contributed by atoms with Crippen LogP contribution in [0.15, 0.2) is 29.2 Å². The first-order valence-corrected chi connectivity index (χ1v) is 7.90. The van der Waals surface area contributed by atoms with Crippen LogP contribution in [0.5, 0.6) is 0 Å². The lowest BCUT2D eigenvalue weighted by Gasteiger charge is -2.05. The van der Waals surface area contributed by atoms with Crippen molar-refractivity contribution in [2.24, 2.45) is 0 Å². The molecule has 0 saturated heterocycles. The van der Waals surface area contributed by atoms with Crippen LogP contribution in [0.3, 0.4) is 0 Å². The molecule has 1 aromatic carbocycles. The lowest BCUT2D eigenvalue weighted by atomic mass is 10.2. The fourth-order valence-corrected chi connectivity index (χ4v) is 3.30. The highest BCUT2D eigenvalue weighted by Gasteiger charge is 2.16. The fourth-order valence-electron chi connectivity index (χ4n) is 1.39. The number of nitrogens with one attached hydrogen (secondary N) is 1. The van der Waals surface area contributed by atoms with E-state index in [4.69, 9.17) is 5.11 Å². The zero-order chi connectivity index (χ0) is 13.9. The predicted octanol–water partition coefficient (Wildman–Crippen LogP) is 1.39. The van der Waals surface area contributed by atoms with Crippen LogP contribution in [-0.2, 0) is 23.1 Å². The smallest absolute Gasteiger partial charge is 0.263 e. The van der Waals surface area contributed by atoms with Crippen LogP contribution in [0.25, 0.3) is 0 Å². The van der Waals surface area contributed by atoms with Crippen molar-refractivity contribution in [3.63, 3.8) is 0 Å². The number of aliphatic hydroxyl groups excluding tert-OH is 1. The lowest BCUT2D eigenvalue weighted by molar-refractivity contribution is 0.282. The van der Waals surface area contributed by atoms with Gasteiger partial charge in [0.25, 0.3) is 10.0 Å². The third-order valence-electron chi connectivity index (χ3n) is 2.41. The third kappa shape index (κ3) is 3.28. The van der Waals surface area contributed by atoms with E-state index in [0.717, 1.165) is 5.01 Å². The quantitative estimate of drug-likeness (QED) is 0.870. The topological polar surface area (TPSA) is 92.2 Å². The molecule has 0 bridgehead atoms. The Kier molecular flexibility index (Phi) is 4.13. The van der Waals surface area contributed by atoms with Crippen molar-refractivity contribution < 1.29 is 13.5 Å². The van der Waals surface area contributed by atoms with Gasteiger partial charge in [-0.1, -0.05) is 30.4 Å². The second kappa shape index (κ2) is 5.64. The van der Waals surface area contributed by atoms with Crippen molar-refractivity contribution in [2.75, 3.05) is 4.72 Å². The molecule has 0 amide bonds. The van der Waals surface area contributed by atoms with Gasteiger partial charge in [-0.05, 0) is 24.1 Å². The molecule has 1 aromatic heterocycles. The number of hydrogen-bond acceptors (Lipinski definition) is 6. The van der Waals surface area contributed by atoms with Crippen LogP contribution < -0.4 is 4.72 Å². The number of nitrogens with zero attached hydrogens (tertiary/aromatic N) is 2. The molecule has 0 fully saturated rings. The molecule has 2 N–H and O–H groups in total. The molecule has 0 atom stereocenters. The summed E-state index contributed by atoms with van der Waals surface area (Å²) < 4.78 is 26.5. The van der Waals surface area contributed by atoms with Crippen LogP contribution in [-0.4, -0.2) is 23.7 Å². The maximum Gasteiger partial charge on any atom is 0.263 e. The summed E-state index contributed by atoms with van der Waals surface area (Å²) in [4.78, 5) is 0.123. The summed E-state index contributed by atoms with van der Waals surface area (Å²) in [5, 5.41) is 17.6. The van der Waals surface area contributed by atoms with Gasteiger partial charge in [0.2, 0.25) is 5.13 Å². The van der Waals surface area contributed by atoms with E-state index in [2.05, 4.69) is 14.9 Å². The second-order valence-corrected chi connectivity index (χ2v) is 6.51. The summed E-state index contributed by atoms with van der Waals surface area (Å²) in [6.45, 7) is 1.80. The van der Waals surface area contributed by atoms with Gasteiger partial charge in [-0.3, -0.25) is 4.72 Å². The van der Waals surface area contributed by atoms with Gasteiger partial charge in [-0.2, -0.15) is 0 Å². The molecule has 19 heavy (non-hydrogen) atoms. The highest BCUT2D eigenvalue weighted by molar-refractivity contribution is 7.93. The lowest BCUT2D eigenvalue weighted by Crippen LogP contribution is -2.12. The molecular weight excluding hydrogens is 286 g/mol. The van der Waals surface area contributed by atoms with Gasteiger partial charge in [0.1, 0.15) is 5.01 Å². The van der Waals surface area contributed by atoms with Gasteiger partial charge in [0, 0.05) is 0 Å². The van der Waals surface area contributed by atoms with Crippen LogP contribution in [0.1, 0.15) is 17.5 Å². The maximum absolute atomic E-state index is 12.1. The summed E-state index contributed by atoms with van der Waals surface area (Å²) >= 11 is 1.21. The van der Waals surface area contributed by atoms with Crippen LogP contribution in [0, 0.1) is 0 Å². The van der Waals surface area contributed by atoms with Crippen molar-refractivity contribution in [3.05, 3.63) is 34.8 Å². The first-order valence-electron chi connectivity index (χ1n) is 5.60. The summed E-state index contributed by atoms with van der Waals surface area (Å²) in [6.07, 6.45) is 0.713. The van der Waals surface area contributed by atoms with Crippen molar-refractivity contribution in [3.8, 4) is 0 Å². The summed E-state index contributed by atoms with van der Waals surface area (Å²) in [5.74, 6) is 0.